The Balaban J connectivity index is 1.76. The number of aryl methyl sites for hydroxylation is 2. The van der Waals surface area contributed by atoms with Crippen LogP contribution in [-0.4, -0.2) is 0 Å². The Morgan fingerprint density at radius 2 is 2.17 bits per heavy atom. The minimum atomic E-state index is 0.409. The molecule has 2 aromatic rings. The summed E-state index contributed by atoms with van der Waals surface area (Å²) in [5.41, 5.74) is 2.86. The molecule has 0 saturated heterocycles. The average molecular weight is 342 g/mol. The van der Waals surface area contributed by atoms with E-state index in [1.165, 1.54) is 29.7 Å². The van der Waals surface area contributed by atoms with Gasteiger partial charge in [0.2, 0.25) is 0 Å². The molecule has 0 N–H and O–H groups in total. The molecule has 3 rings (SSSR count). The van der Waals surface area contributed by atoms with Gasteiger partial charge in [-0.25, -0.2) is 0 Å². The van der Waals surface area contributed by atoms with E-state index in [0.29, 0.717) is 4.83 Å². The average Bonchev–Trinajstić information content (AvgIpc) is 2.88. The van der Waals surface area contributed by atoms with Crippen LogP contribution in [0.1, 0.15) is 32.1 Å². The highest BCUT2D eigenvalue weighted by atomic mass is 79.9. The van der Waals surface area contributed by atoms with E-state index in [1.54, 1.807) is 10.4 Å². The van der Waals surface area contributed by atoms with Gasteiger partial charge in [-0.3, -0.25) is 0 Å². The Kier molecular flexibility index (Phi) is 3.78. The van der Waals surface area contributed by atoms with Crippen molar-refractivity contribution in [2.75, 3.05) is 0 Å². The summed E-state index contributed by atoms with van der Waals surface area (Å²) in [4.78, 5) is 3.46. The zero-order valence-corrected chi connectivity index (χ0v) is 13.1. The first-order chi connectivity index (χ1) is 8.72. The number of thiophene rings is 1. The van der Waals surface area contributed by atoms with Gasteiger partial charge in [0.25, 0.3) is 0 Å². The van der Waals surface area contributed by atoms with Gasteiger partial charge in [0, 0.05) is 14.8 Å². The quantitative estimate of drug-likeness (QED) is 0.640. The van der Waals surface area contributed by atoms with Gasteiger partial charge in [0.05, 0.1) is 4.83 Å². The first-order valence-electron chi connectivity index (χ1n) is 6.22. The van der Waals surface area contributed by atoms with Crippen LogP contribution >= 0.6 is 38.9 Å². The number of fused-ring (bicyclic) bond motifs is 1. The summed E-state index contributed by atoms with van der Waals surface area (Å²) in [5, 5.41) is 0.820. The highest BCUT2D eigenvalue weighted by Gasteiger charge is 2.18. The topological polar surface area (TPSA) is 0 Å². The maximum Gasteiger partial charge on any atom is 0.0529 e. The van der Waals surface area contributed by atoms with E-state index in [-0.39, 0.29) is 0 Å². The molecule has 0 bridgehead atoms. The molecule has 94 valence electrons. The van der Waals surface area contributed by atoms with Crippen LogP contribution in [0.4, 0.5) is 0 Å². The lowest BCUT2D eigenvalue weighted by molar-refractivity contribution is 0.909. The van der Waals surface area contributed by atoms with Crippen LogP contribution in [0.3, 0.4) is 0 Å². The summed E-state index contributed by atoms with van der Waals surface area (Å²) < 4.78 is 0. The van der Waals surface area contributed by atoms with Crippen molar-refractivity contribution >= 4 is 38.9 Å². The summed E-state index contributed by atoms with van der Waals surface area (Å²) in [6.45, 7) is 0. The summed E-state index contributed by atoms with van der Waals surface area (Å²) >= 11 is 11.8. The molecule has 0 spiro atoms. The molecule has 0 aliphatic heterocycles. The number of hydrogen-bond acceptors (Lipinski definition) is 1. The predicted molar refractivity (Wildman–Crippen MR) is 83.2 cm³/mol. The monoisotopic (exact) mass is 340 g/mol. The van der Waals surface area contributed by atoms with Crippen molar-refractivity contribution in [3.63, 3.8) is 0 Å². The Hall–Kier alpha value is -0.310. The predicted octanol–water partition coefficient (Wildman–Crippen LogP) is 5.57. The van der Waals surface area contributed by atoms with Gasteiger partial charge in [0.15, 0.2) is 0 Å². The number of hydrogen-bond donors (Lipinski definition) is 0. The molecule has 0 saturated carbocycles. The van der Waals surface area contributed by atoms with Gasteiger partial charge in [0.1, 0.15) is 0 Å². The van der Waals surface area contributed by atoms with Crippen molar-refractivity contribution in [1.82, 2.24) is 0 Å². The fourth-order valence-corrected chi connectivity index (χ4v) is 4.71. The minimum absolute atomic E-state index is 0.409. The van der Waals surface area contributed by atoms with E-state index in [9.17, 15) is 0 Å². The lowest BCUT2D eigenvalue weighted by Gasteiger charge is -2.08. The molecule has 1 aromatic heterocycles. The van der Waals surface area contributed by atoms with Crippen LogP contribution < -0.4 is 0 Å². The maximum absolute atomic E-state index is 6.02. The molecule has 1 heterocycles. The van der Waals surface area contributed by atoms with Gasteiger partial charge in [-0.15, -0.1) is 11.3 Å². The number of alkyl halides is 1. The molecule has 0 amide bonds. The molecule has 3 heteroatoms. The smallest absolute Gasteiger partial charge is 0.0529 e. The molecule has 1 aromatic carbocycles. The lowest BCUT2D eigenvalue weighted by Crippen LogP contribution is -1.93. The Morgan fingerprint density at radius 3 is 2.94 bits per heavy atom. The van der Waals surface area contributed by atoms with E-state index in [0.717, 1.165) is 11.4 Å². The highest BCUT2D eigenvalue weighted by molar-refractivity contribution is 9.09. The van der Waals surface area contributed by atoms with E-state index in [1.807, 2.05) is 23.5 Å². The maximum atomic E-state index is 6.02. The SMILES string of the molecule is Clc1cccc(CC(Br)c2cc3c(s2)CCC3)c1. The van der Waals surface area contributed by atoms with Crippen molar-refractivity contribution in [1.29, 1.82) is 0 Å². The van der Waals surface area contributed by atoms with E-state index in [4.69, 9.17) is 11.6 Å². The van der Waals surface area contributed by atoms with Crippen LogP contribution in [-0.2, 0) is 19.3 Å². The van der Waals surface area contributed by atoms with Crippen LogP contribution in [0, 0.1) is 0 Å². The van der Waals surface area contributed by atoms with Crippen molar-refractivity contribution in [3.05, 3.63) is 56.2 Å². The molecule has 18 heavy (non-hydrogen) atoms. The van der Waals surface area contributed by atoms with Gasteiger partial charge >= 0.3 is 0 Å². The first-order valence-corrected chi connectivity index (χ1v) is 8.33. The molecule has 0 radical (unpaired) electrons. The van der Waals surface area contributed by atoms with Gasteiger partial charge in [-0.1, -0.05) is 39.7 Å². The first kappa shape index (κ1) is 12.7. The molecule has 1 atom stereocenters. The van der Waals surface area contributed by atoms with Crippen molar-refractivity contribution < 1.29 is 0 Å². The summed E-state index contributed by atoms with van der Waals surface area (Å²) in [6.07, 6.45) is 4.88. The molecule has 0 fully saturated rings. The fourth-order valence-electron chi connectivity index (χ4n) is 2.48. The largest absolute Gasteiger partial charge is 0.144 e. The summed E-state index contributed by atoms with van der Waals surface area (Å²) in [5.74, 6) is 0. The van der Waals surface area contributed by atoms with Gasteiger partial charge in [-0.2, -0.15) is 0 Å². The Bertz CT molecular complexity index is 540. The summed E-state index contributed by atoms with van der Waals surface area (Å²) in [6, 6.07) is 10.5. The van der Waals surface area contributed by atoms with E-state index in [2.05, 4.69) is 34.1 Å². The molecular formula is C15H14BrClS. The number of rotatable bonds is 3. The van der Waals surface area contributed by atoms with Crippen molar-refractivity contribution in [3.8, 4) is 0 Å². The number of halogens is 2. The molecule has 1 unspecified atom stereocenters. The van der Waals surface area contributed by atoms with Gasteiger partial charge in [-0.05, 0) is 55.0 Å². The van der Waals surface area contributed by atoms with Crippen LogP contribution in [0.5, 0.6) is 0 Å². The fraction of sp³-hybridized carbons (Fsp3) is 0.333. The third-order valence-electron chi connectivity index (χ3n) is 3.38. The van der Waals surface area contributed by atoms with Crippen molar-refractivity contribution in [2.24, 2.45) is 0 Å². The lowest BCUT2D eigenvalue weighted by atomic mass is 10.1. The standard InChI is InChI=1S/C15H14BrClS/c16-13(8-10-3-1-5-12(17)7-10)15-9-11-4-2-6-14(11)18-15/h1,3,5,7,9,13H,2,4,6,8H2. The highest BCUT2D eigenvalue weighted by Crippen LogP contribution is 2.38. The van der Waals surface area contributed by atoms with Crippen LogP contribution in [0.2, 0.25) is 5.02 Å². The third-order valence-corrected chi connectivity index (χ3v) is 6.08. The zero-order valence-electron chi connectivity index (χ0n) is 9.96. The normalized spacial score (nSPS) is 15.7. The van der Waals surface area contributed by atoms with Crippen LogP contribution in [0.25, 0.3) is 0 Å². The van der Waals surface area contributed by atoms with Crippen molar-refractivity contribution in [2.45, 2.75) is 30.5 Å². The number of benzene rings is 1. The summed E-state index contributed by atoms with van der Waals surface area (Å²) in [7, 11) is 0. The zero-order chi connectivity index (χ0) is 12.5. The molecule has 1 aliphatic carbocycles. The van der Waals surface area contributed by atoms with E-state index >= 15 is 0 Å². The Labute approximate surface area is 125 Å². The minimum Gasteiger partial charge on any atom is -0.144 e. The second-order valence-electron chi connectivity index (χ2n) is 4.75. The second kappa shape index (κ2) is 5.36. The molecule has 1 aliphatic rings. The molecular weight excluding hydrogens is 328 g/mol. The Morgan fingerprint density at radius 1 is 1.28 bits per heavy atom. The third kappa shape index (κ3) is 2.66. The van der Waals surface area contributed by atoms with E-state index < -0.39 is 0 Å². The second-order valence-corrected chi connectivity index (χ2v) is 7.46. The van der Waals surface area contributed by atoms with Gasteiger partial charge < -0.3 is 0 Å². The molecule has 0 nitrogen and oxygen atoms in total. The van der Waals surface area contributed by atoms with Crippen LogP contribution in [0.15, 0.2) is 30.3 Å².